The molecule has 2 heterocycles. The van der Waals surface area contributed by atoms with Gasteiger partial charge < -0.3 is 5.32 Å². The van der Waals surface area contributed by atoms with Crippen LogP contribution in [0.3, 0.4) is 0 Å². The number of rotatable bonds is 5. The number of amides is 1. The molecule has 1 amide bonds. The maximum atomic E-state index is 12.0. The molecule has 2 rings (SSSR count). The number of aromatic amines is 1. The van der Waals surface area contributed by atoms with E-state index in [1.54, 1.807) is 7.05 Å². The third-order valence-corrected chi connectivity index (χ3v) is 4.08. The second-order valence-corrected chi connectivity index (χ2v) is 6.98. The van der Waals surface area contributed by atoms with Gasteiger partial charge in [0.25, 0.3) is 0 Å². The summed E-state index contributed by atoms with van der Waals surface area (Å²) >= 11 is 0. The van der Waals surface area contributed by atoms with Crippen LogP contribution in [0, 0.1) is 11.3 Å². The molecule has 0 saturated heterocycles. The molecular formula is C15H24N6O2. The largest absolute Gasteiger partial charge is 0.345 e. The van der Waals surface area contributed by atoms with Crippen LogP contribution in [0.25, 0.3) is 0 Å². The molecule has 2 N–H and O–H groups in total. The number of nitrogens with zero attached hydrogens (tertiary/aromatic N) is 4. The summed E-state index contributed by atoms with van der Waals surface area (Å²) in [5, 5.41) is 13.5. The van der Waals surface area contributed by atoms with Crippen molar-refractivity contribution in [3.63, 3.8) is 0 Å². The molecular weight excluding hydrogens is 296 g/mol. The lowest BCUT2D eigenvalue weighted by molar-refractivity contribution is -0.117. The molecule has 2 aromatic rings. The van der Waals surface area contributed by atoms with Crippen molar-refractivity contribution < 1.29 is 4.79 Å². The van der Waals surface area contributed by atoms with Crippen molar-refractivity contribution in [2.45, 2.75) is 40.7 Å². The highest BCUT2D eigenvalue weighted by Gasteiger charge is 2.21. The Hall–Kier alpha value is -2.38. The first-order valence-corrected chi connectivity index (χ1v) is 7.59. The number of aryl methyl sites for hydroxylation is 1. The number of hydrogen-bond donors (Lipinski definition) is 2. The highest BCUT2D eigenvalue weighted by Crippen LogP contribution is 2.28. The topological polar surface area (TPSA) is 97.6 Å². The van der Waals surface area contributed by atoms with Crippen LogP contribution in [-0.4, -0.2) is 30.5 Å². The summed E-state index contributed by atoms with van der Waals surface area (Å²) in [4.78, 5) is 23.6. The molecule has 0 aromatic carbocycles. The summed E-state index contributed by atoms with van der Waals surface area (Å²) in [6, 6.07) is 1.82. The molecule has 126 valence electrons. The van der Waals surface area contributed by atoms with Gasteiger partial charge in [-0.3, -0.25) is 14.5 Å². The number of carbonyl (C=O) groups is 1. The fourth-order valence-corrected chi connectivity index (χ4v) is 2.01. The Labute approximate surface area is 134 Å². The molecule has 0 aliphatic rings. The van der Waals surface area contributed by atoms with Crippen LogP contribution in [0.15, 0.2) is 17.2 Å². The van der Waals surface area contributed by atoms with Gasteiger partial charge in [0.1, 0.15) is 12.9 Å². The molecule has 8 heteroatoms. The summed E-state index contributed by atoms with van der Waals surface area (Å²) in [5.41, 5.74) is 0.842. The van der Waals surface area contributed by atoms with E-state index < -0.39 is 0 Å². The summed E-state index contributed by atoms with van der Waals surface area (Å²) in [5.74, 6) is 0.585. The predicted octanol–water partition coefficient (Wildman–Crippen LogP) is 1.17. The lowest BCUT2D eigenvalue weighted by atomic mass is 9.79. The molecule has 8 nitrogen and oxygen atoms in total. The third-order valence-electron chi connectivity index (χ3n) is 4.08. The lowest BCUT2D eigenvalue weighted by Crippen LogP contribution is -2.29. The Morgan fingerprint density at radius 3 is 2.70 bits per heavy atom. The minimum absolute atomic E-state index is 0.139. The van der Waals surface area contributed by atoms with Crippen LogP contribution in [0.1, 0.15) is 33.4 Å². The molecule has 0 spiro atoms. The molecule has 0 radical (unpaired) electrons. The van der Waals surface area contributed by atoms with Crippen LogP contribution in [0.4, 0.5) is 5.82 Å². The molecule has 0 fully saturated rings. The Morgan fingerprint density at radius 1 is 1.43 bits per heavy atom. The number of nitrogens with one attached hydrogen (secondary N) is 2. The van der Waals surface area contributed by atoms with Crippen molar-refractivity contribution >= 4 is 11.7 Å². The number of hydrogen-bond acceptors (Lipinski definition) is 4. The SMILES string of the molecule is CC(Cc1cc(NC(=O)Cn2ncn(C)c2=O)n[nH]1)C(C)(C)C. The van der Waals surface area contributed by atoms with Crippen LogP contribution in [0.2, 0.25) is 0 Å². The molecule has 0 aliphatic heterocycles. The van der Waals surface area contributed by atoms with Gasteiger partial charge in [0, 0.05) is 18.8 Å². The second-order valence-electron chi connectivity index (χ2n) is 6.98. The quantitative estimate of drug-likeness (QED) is 0.864. The first-order chi connectivity index (χ1) is 10.7. The smallest absolute Gasteiger partial charge is 0.308 e. The summed E-state index contributed by atoms with van der Waals surface area (Å²) in [6.45, 7) is 8.64. The van der Waals surface area contributed by atoms with Crippen molar-refractivity contribution in [2.75, 3.05) is 5.32 Å². The van der Waals surface area contributed by atoms with E-state index in [2.05, 4.69) is 48.3 Å². The standard InChI is InChI=1S/C15H24N6O2/c1-10(15(2,3)4)6-11-7-12(19-18-11)17-13(22)8-21-14(23)20(5)9-16-21/h7,9-10H,6,8H2,1-5H3,(H2,17,18,19,22). The van der Waals surface area contributed by atoms with Gasteiger partial charge in [0.05, 0.1) is 0 Å². The average Bonchev–Trinajstić information content (AvgIpc) is 2.99. The number of H-pyrrole nitrogens is 1. The van der Waals surface area contributed by atoms with Crippen molar-refractivity contribution in [2.24, 2.45) is 18.4 Å². The average molecular weight is 320 g/mol. The van der Waals surface area contributed by atoms with E-state index in [9.17, 15) is 9.59 Å². The van der Waals surface area contributed by atoms with E-state index >= 15 is 0 Å². The van der Waals surface area contributed by atoms with E-state index in [-0.39, 0.29) is 23.6 Å². The molecule has 0 saturated carbocycles. The van der Waals surface area contributed by atoms with Gasteiger partial charge in [-0.25, -0.2) is 9.48 Å². The molecule has 0 aliphatic carbocycles. The van der Waals surface area contributed by atoms with Crippen molar-refractivity contribution in [1.29, 1.82) is 0 Å². The van der Waals surface area contributed by atoms with Crippen molar-refractivity contribution in [3.8, 4) is 0 Å². The highest BCUT2D eigenvalue weighted by molar-refractivity contribution is 5.89. The van der Waals surface area contributed by atoms with Gasteiger partial charge in [0.15, 0.2) is 5.82 Å². The van der Waals surface area contributed by atoms with Gasteiger partial charge in [-0.2, -0.15) is 10.2 Å². The van der Waals surface area contributed by atoms with E-state index in [0.717, 1.165) is 16.8 Å². The maximum absolute atomic E-state index is 12.0. The first kappa shape index (κ1) is 17.0. The van der Waals surface area contributed by atoms with Crippen LogP contribution < -0.4 is 11.0 Å². The second kappa shape index (κ2) is 6.39. The molecule has 23 heavy (non-hydrogen) atoms. The lowest BCUT2D eigenvalue weighted by Gasteiger charge is -2.26. The Kier molecular flexibility index (Phi) is 4.72. The first-order valence-electron chi connectivity index (χ1n) is 7.59. The number of carbonyl (C=O) groups excluding carboxylic acids is 1. The minimum Gasteiger partial charge on any atom is -0.308 e. The van der Waals surface area contributed by atoms with Crippen LogP contribution >= 0.6 is 0 Å². The third kappa shape index (κ3) is 4.30. The van der Waals surface area contributed by atoms with Gasteiger partial charge in [0.2, 0.25) is 5.91 Å². The molecule has 1 unspecified atom stereocenters. The van der Waals surface area contributed by atoms with Crippen molar-refractivity contribution in [1.82, 2.24) is 24.5 Å². The van der Waals surface area contributed by atoms with E-state index in [1.807, 2.05) is 6.07 Å². The highest BCUT2D eigenvalue weighted by atomic mass is 16.2. The summed E-state index contributed by atoms with van der Waals surface area (Å²) < 4.78 is 2.42. The zero-order chi connectivity index (χ0) is 17.2. The monoisotopic (exact) mass is 320 g/mol. The van der Waals surface area contributed by atoms with Gasteiger partial charge in [-0.15, -0.1) is 0 Å². The van der Waals surface area contributed by atoms with Gasteiger partial charge >= 0.3 is 5.69 Å². The zero-order valence-corrected chi connectivity index (χ0v) is 14.3. The Bertz CT molecular complexity index is 734. The Balaban J connectivity index is 1.95. The van der Waals surface area contributed by atoms with E-state index in [0.29, 0.717) is 11.7 Å². The predicted molar refractivity (Wildman–Crippen MR) is 87.0 cm³/mol. The van der Waals surface area contributed by atoms with Gasteiger partial charge in [-0.1, -0.05) is 27.7 Å². The normalized spacial score (nSPS) is 13.1. The minimum atomic E-state index is -0.340. The maximum Gasteiger partial charge on any atom is 0.345 e. The number of anilines is 1. The summed E-state index contributed by atoms with van der Waals surface area (Å²) in [6.07, 6.45) is 2.22. The van der Waals surface area contributed by atoms with E-state index in [4.69, 9.17) is 0 Å². The fraction of sp³-hybridized carbons (Fsp3) is 0.600. The van der Waals surface area contributed by atoms with Crippen LogP contribution in [-0.2, 0) is 24.8 Å². The molecule has 0 bridgehead atoms. The fourth-order valence-electron chi connectivity index (χ4n) is 2.01. The zero-order valence-electron chi connectivity index (χ0n) is 14.3. The van der Waals surface area contributed by atoms with Gasteiger partial charge in [-0.05, 0) is 17.8 Å². The van der Waals surface area contributed by atoms with Crippen molar-refractivity contribution in [3.05, 3.63) is 28.6 Å². The summed E-state index contributed by atoms with van der Waals surface area (Å²) in [7, 11) is 1.58. The number of aromatic nitrogens is 5. The van der Waals surface area contributed by atoms with E-state index in [1.165, 1.54) is 10.9 Å². The molecule has 1 atom stereocenters. The Morgan fingerprint density at radius 2 is 2.13 bits per heavy atom. The van der Waals surface area contributed by atoms with Crippen LogP contribution in [0.5, 0.6) is 0 Å². The molecule has 2 aromatic heterocycles.